The van der Waals surface area contributed by atoms with Crippen molar-refractivity contribution < 1.29 is 20.1 Å². The van der Waals surface area contributed by atoms with Crippen LogP contribution in [0.25, 0.3) is 10.4 Å². The van der Waals surface area contributed by atoms with Crippen LogP contribution in [0.1, 0.15) is 17.2 Å². The second-order valence-electron chi connectivity index (χ2n) is 4.92. The van der Waals surface area contributed by atoms with E-state index in [1.54, 1.807) is 6.07 Å². The molecule has 0 aliphatic rings. The van der Waals surface area contributed by atoms with Crippen molar-refractivity contribution in [1.82, 2.24) is 0 Å². The molecule has 0 aromatic heterocycles. The number of aliphatic hydroxyl groups is 2. The summed E-state index contributed by atoms with van der Waals surface area (Å²) in [4.78, 5) is 2.51. The Morgan fingerprint density at radius 1 is 1.13 bits per heavy atom. The summed E-state index contributed by atoms with van der Waals surface area (Å²) < 4.78 is 5.56. The lowest BCUT2D eigenvalue weighted by Gasteiger charge is -2.18. The lowest BCUT2D eigenvalue weighted by molar-refractivity contribution is 0.0230. The van der Waals surface area contributed by atoms with Crippen LogP contribution in [0, 0.1) is 0 Å². The molecule has 0 aliphatic heterocycles. The molecule has 0 bridgehead atoms. The zero-order valence-electron chi connectivity index (χ0n) is 12.3. The maximum atomic E-state index is 9.98. The lowest BCUT2D eigenvalue weighted by Crippen LogP contribution is -2.21. The van der Waals surface area contributed by atoms with Crippen LogP contribution in [0.3, 0.4) is 0 Å². The average molecular weight is 315 g/mol. The summed E-state index contributed by atoms with van der Waals surface area (Å²) in [6.45, 7) is 0.0606. The maximum absolute atomic E-state index is 9.98. The van der Waals surface area contributed by atoms with E-state index in [2.05, 4.69) is 10.0 Å². The topological polar surface area (TPSA) is 119 Å². The number of azide groups is 1. The van der Waals surface area contributed by atoms with Gasteiger partial charge in [-0.2, -0.15) is 0 Å². The summed E-state index contributed by atoms with van der Waals surface area (Å²) in [5, 5.41) is 32.8. The molecular formula is C16H17N3O4. The minimum atomic E-state index is -1.36. The fourth-order valence-electron chi connectivity index (χ4n) is 2.03. The van der Waals surface area contributed by atoms with Crippen molar-refractivity contribution in [1.29, 1.82) is 0 Å². The largest absolute Gasteiger partial charge is 0.507 e. The molecule has 2 aromatic carbocycles. The third kappa shape index (κ3) is 4.62. The first-order valence-electron chi connectivity index (χ1n) is 6.98. The van der Waals surface area contributed by atoms with Crippen molar-refractivity contribution in [3.8, 4) is 11.5 Å². The van der Waals surface area contributed by atoms with Crippen LogP contribution < -0.4 is 4.74 Å². The van der Waals surface area contributed by atoms with E-state index in [4.69, 9.17) is 10.3 Å². The number of aliphatic hydroxyl groups excluding tert-OH is 2. The van der Waals surface area contributed by atoms with Gasteiger partial charge in [-0.1, -0.05) is 35.4 Å². The van der Waals surface area contributed by atoms with E-state index in [1.165, 1.54) is 12.1 Å². The zero-order chi connectivity index (χ0) is 16.7. The van der Waals surface area contributed by atoms with Gasteiger partial charge in [0.2, 0.25) is 0 Å². The standard InChI is InChI=1S/C16H17N3O4/c17-19-18-9-15(21)16(22)13-7-6-12(8-14(13)20)23-10-11-4-2-1-3-5-11/h1-8,15-16,20-22H,9-10H2. The predicted molar refractivity (Wildman–Crippen MR) is 83.9 cm³/mol. The van der Waals surface area contributed by atoms with E-state index in [0.717, 1.165) is 5.56 Å². The number of phenols is 1. The molecule has 2 aromatic rings. The molecule has 0 saturated carbocycles. The Hall–Kier alpha value is -2.73. The first-order chi connectivity index (χ1) is 11.1. The Labute approximate surface area is 133 Å². The van der Waals surface area contributed by atoms with Crippen LogP contribution in [-0.2, 0) is 6.61 Å². The predicted octanol–water partition coefficient (Wildman–Crippen LogP) is 2.68. The third-order valence-corrected chi connectivity index (χ3v) is 3.27. The van der Waals surface area contributed by atoms with Gasteiger partial charge in [-0.3, -0.25) is 0 Å². The van der Waals surface area contributed by atoms with Gasteiger partial charge in [0.05, 0.1) is 12.6 Å². The lowest BCUT2D eigenvalue weighted by atomic mass is 10.0. The molecule has 3 N–H and O–H groups in total. The Balaban J connectivity index is 2.03. The Morgan fingerprint density at radius 2 is 1.87 bits per heavy atom. The van der Waals surface area contributed by atoms with Crippen LogP contribution in [0.5, 0.6) is 11.5 Å². The van der Waals surface area contributed by atoms with Crippen LogP contribution in [-0.4, -0.2) is 28.0 Å². The van der Waals surface area contributed by atoms with Gasteiger partial charge in [-0.25, -0.2) is 0 Å². The smallest absolute Gasteiger partial charge is 0.125 e. The number of benzene rings is 2. The van der Waals surface area contributed by atoms with E-state index in [0.29, 0.717) is 12.4 Å². The molecule has 0 aliphatic carbocycles. The van der Waals surface area contributed by atoms with E-state index in [-0.39, 0.29) is 17.9 Å². The Kier molecular flexibility index (Phi) is 5.82. The molecule has 0 saturated heterocycles. The molecule has 120 valence electrons. The molecule has 0 heterocycles. The van der Waals surface area contributed by atoms with Crippen molar-refractivity contribution >= 4 is 0 Å². The average Bonchev–Trinajstić information content (AvgIpc) is 2.58. The van der Waals surface area contributed by atoms with Crippen LogP contribution in [0.2, 0.25) is 0 Å². The van der Waals surface area contributed by atoms with Gasteiger partial charge in [0.25, 0.3) is 0 Å². The number of hydrogen-bond acceptors (Lipinski definition) is 5. The summed E-state index contributed by atoms with van der Waals surface area (Å²) in [6.07, 6.45) is -2.66. The quantitative estimate of drug-likeness (QED) is 0.413. The van der Waals surface area contributed by atoms with Crippen molar-refractivity contribution in [2.45, 2.75) is 18.8 Å². The Morgan fingerprint density at radius 3 is 2.52 bits per heavy atom. The van der Waals surface area contributed by atoms with E-state index >= 15 is 0 Å². The summed E-state index contributed by atoms with van der Waals surface area (Å²) in [6, 6.07) is 14.0. The summed E-state index contributed by atoms with van der Waals surface area (Å²) in [5.41, 5.74) is 9.33. The molecule has 23 heavy (non-hydrogen) atoms. The summed E-state index contributed by atoms with van der Waals surface area (Å²) >= 11 is 0. The number of nitrogens with zero attached hydrogens (tertiary/aromatic N) is 3. The van der Waals surface area contributed by atoms with Crippen molar-refractivity contribution in [2.75, 3.05) is 6.54 Å². The number of ether oxygens (including phenoxy) is 1. The van der Waals surface area contributed by atoms with Gasteiger partial charge >= 0.3 is 0 Å². The van der Waals surface area contributed by atoms with Crippen molar-refractivity contribution in [3.63, 3.8) is 0 Å². The highest BCUT2D eigenvalue weighted by Crippen LogP contribution is 2.30. The fourth-order valence-corrected chi connectivity index (χ4v) is 2.03. The molecular weight excluding hydrogens is 298 g/mol. The molecule has 0 spiro atoms. The van der Waals surface area contributed by atoms with Gasteiger partial charge in [0.1, 0.15) is 24.2 Å². The van der Waals surface area contributed by atoms with Crippen LogP contribution in [0.15, 0.2) is 53.6 Å². The van der Waals surface area contributed by atoms with Crippen molar-refractivity contribution in [2.24, 2.45) is 5.11 Å². The monoisotopic (exact) mass is 315 g/mol. The van der Waals surface area contributed by atoms with Crippen LogP contribution >= 0.6 is 0 Å². The maximum Gasteiger partial charge on any atom is 0.125 e. The first kappa shape index (κ1) is 16.6. The summed E-state index contributed by atoms with van der Waals surface area (Å²) in [7, 11) is 0. The number of aromatic hydroxyl groups is 1. The minimum Gasteiger partial charge on any atom is -0.507 e. The third-order valence-electron chi connectivity index (χ3n) is 3.27. The van der Waals surface area contributed by atoms with Crippen molar-refractivity contribution in [3.05, 3.63) is 70.1 Å². The second kappa shape index (κ2) is 8.05. The molecule has 0 fully saturated rings. The molecule has 0 radical (unpaired) electrons. The highest BCUT2D eigenvalue weighted by Gasteiger charge is 2.21. The number of rotatable bonds is 7. The fraction of sp³-hybridized carbons (Fsp3) is 0.250. The van der Waals surface area contributed by atoms with E-state index in [9.17, 15) is 15.3 Å². The summed E-state index contributed by atoms with van der Waals surface area (Å²) in [5.74, 6) is 0.231. The number of hydrogen-bond donors (Lipinski definition) is 3. The van der Waals surface area contributed by atoms with Gasteiger partial charge in [0.15, 0.2) is 0 Å². The minimum absolute atomic E-state index is 0.137. The molecule has 2 rings (SSSR count). The zero-order valence-corrected chi connectivity index (χ0v) is 12.3. The van der Waals surface area contributed by atoms with Crippen LogP contribution in [0.4, 0.5) is 0 Å². The van der Waals surface area contributed by atoms with E-state index < -0.39 is 12.2 Å². The Bertz CT molecular complexity index is 687. The molecule has 7 heteroatoms. The van der Waals surface area contributed by atoms with Gasteiger partial charge in [-0.15, -0.1) is 0 Å². The van der Waals surface area contributed by atoms with Gasteiger partial charge < -0.3 is 20.1 Å². The highest BCUT2D eigenvalue weighted by atomic mass is 16.5. The molecule has 2 atom stereocenters. The normalized spacial score (nSPS) is 13.0. The number of phenolic OH excluding ortho intramolecular Hbond substituents is 1. The van der Waals surface area contributed by atoms with Gasteiger partial charge in [0, 0.05) is 16.5 Å². The first-order valence-corrected chi connectivity index (χ1v) is 6.98. The highest BCUT2D eigenvalue weighted by molar-refractivity contribution is 5.41. The molecule has 0 amide bonds. The van der Waals surface area contributed by atoms with E-state index in [1.807, 2.05) is 30.3 Å². The molecule has 2 unspecified atom stereocenters. The molecule has 7 nitrogen and oxygen atoms in total. The SMILES string of the molecule is [N-]=[N+]=NCC(O)C(O)c1ccc(OCc2ccccc2)cc1O. The second-order valence-corrected chi connectivity index (χ2v) is 4.92. The van der Waals surface area contributed by atoms with Gasteiger partial charge in [-0.05, 0) is 23.2 Å².